The Labute approximate surface area is 145 Å². The monoisotopic (exact) mass is 345 g/mol. The molecular weight excluding hydrogens is 326 g/mol. The molecule has 2 N–H and O–H groups in total. The Balaban J connectivity index is 1.83. The van der Waals surface area contributed by atoms with Gasteiger partial charge in [-0.3, -0.25) is 0 Å². The van der Waals surface area contributed by atoms with E-state index in [0.29, 0.717) is 29.2 Å². The second-order valence-electron chi connectivity index (χ2n) is 5.50. The number of oxime groups is 1. The van der Waals surface area contributed by atoms with Gasteiger partial charge in [-0.15, -0.1) is 0 Å². The molecule has 0 spiro atoms. The van der Waals surface area contributed by atoms with Crippen molar-refractivity contribution in [2.75, 3.05) is 21.3 Å². The lowest BCUT2D eigenvalue weighted by Crippen LogP contribution is -2.03. The van der Waals surface area contributed by atoms with Crippen LogP contribution in [0.2, 0.25) is 0 Å². The normalized spacial score (nSPS) is 16.1. The van der Waals surface area contributed by atoms with Crippen molar-refractivity contribution in [3.8, 4) is 28.7 Å². The van der Waals surface area contributed by atoms with E-state index in [4.69, 9.17) is 19.0 Å². The zero-order chi connectivity index (χ0) is 18.0. The third kappa shape index (κ3) is 3.13. The highest BCUT2D eigenvalue weighted by Crippen LogP contribution is 2.40. The molecule has 1 aliphatic heterocycles. The second kappa shape index (κ2) is 6.80. The van der Waals surface area contributed by atoms with Crippen LogP contribution in [-0.4, -0.2) is 37.3 Å². The van der Waals surface area contributed by atoms with Crippen molar-refractivity contribution in [3.05, 3.63) is 41.5 Å². The lowest BCUT2D eigenvalue weighted by atomic mass is 9.99. The van der Waals surface area contributed by atoms with Gasteiger partial charge in [-0.1, -0.05) is 11.2 Å². The largest absolute Gasteiger partial charge is 0.504 e. The van der Waals surface area contributed by atoms with Crippen LogP contribution < -0.4 is 14.2 Å². The summed E-state index contributed by atoms with van der Waals surface area (Å²) in [5, 5.41) is 24.1. The summed E-state index contributed by atoms with van der Waals surface area (Å²) in [4.78, 5) is 5.49. The van der Waals surface area contributed by atoms with Gasteiger partial charge in [0.25, 0.3) is 0 Å². The number of hydrogen-bond acceptors (Lipinski definition) is 7. The predicted molar refractivity (Wildman–Crippen MR) is 90.8 cm³/mol. The molecule has 132 valence electrons. The van der Waals surface area contributed by atoms with Gasteiger partial charge in [0.15, 0.2) is 29.1 Å². The topological polar surface area (TPSA) is 89.7 Å². The van der Waals surface area contributed by atoms with Gasteiger partial charge in [0.2, 0.25) is 5.75 Å². The molecule has 3 rings (SSSR count). The summed E-state index contributed by atoms with van der Waals surface area (Å²) < 4.78 is 15.4. The van der Waals surface area contributed by atoms with Gasteiger partial charge in [0.1, 0.15) is 0 Å². The van der Waals surface area contributed by atoms with E-state index < -0.39 is 0 Å². The van der Waals surface area contributed by atoms with Gasteiger partial charge >= 0.3 is 0 Å². The van der Waals surface area contributed by atoms with Crippen molar-refractivity contribution in [1.82, 2.24) is 0 Å². The zero-order valence-electron chi connectivity index (χ0n) is 14.1. The van der Waals surface area contributed by atoms with Crippen LogP contribution in [0.4, 0.5) is 0 Å². The molecule has 0 aromatic heterocycles. The predicted octanol–water partition coefficient (Wildman–Crippen LogP) is 2.99. The minimum atomic E-state index is -0.331. The van der Waals surface area contributed by atoms with E-state index >= 15 is 0 Å². The third-order valence-corrected chi connectivity index (χ3v) is 4.04. The molecule has 0 aliphatic carbocycles. The number of benzene rings is 2. The highest BCUT2D eigenvalue weighted by molar-refractivity contribution is 6.02. The Hall–Kier alpha value is -3.09. The Bertz CT molecular complexity index is 817. The van der Waals surface area contributed by atoms with E-state index in [0.717, 1.165) is 5.56 Å². The van der Waals surface area contributed by atoms with Crippen LogP contribution in [0.15, 0.2) is 35.5 Å². The van der Waals surface area contributed by atoms with Gasteiger partial charge in [-0.2, -0.15) is 0 Å². The fourth-order valence-corrected chi connectivity index (χ4v) is 2.74. The van der Waals surface area contributed by atoms with E-state index in [-0.39, 0.29) is 23.4 Å². The molecule has 25 heavy (non-hydrogen) atoms. The van der Waals surface area contributed by atoms with Crippen LogP contribution in [0.5, 0.6) is 28.7 Å². The number of nitrogens with zero attached hydrogens (tertiary/aromatic N) is 1. The van der Waals surface area contributed by atoms with E-state index in [1.807, 2.05) is 6.07 Å². The first-order valence-corrected chi connectivity index (χ1v) is 7.62. The summed E-state index contributed by atoms with van der Waals surface area (Å²) in [6, 6.07) is 8.36. The number of rotatable bonds is 5. The summed E-state index contributed by atoms with van der Waals surface area (Å²) >= 11 is 0. The van der Waals surface area contributed by atoms with Crippen LogP contribution in [0.3, 0.4) is 0 Å². The van der Waals surface area contributed by atoms with Gasteiger partial charge < -0.3 is 29.3 Å². The minimum Gasteiger partial charge on any atom is -0.504 e. The Morgan fingerprint density at radius 1 is 0.960 bits per heavy atom. The quantitative estimate of drug-likeness (QED) is 0.866. The highest BCUT2D eigenvalue weighted by atomic mass is 16.6. The first-order valence-electron chi connectivity index (χ1n) is 7.62. The SMILES string of the molecule is COc1ccc(C2CC(c3cc(O)c(OC)c(OC)c3)=NO2)cc1O. The molecule has 2 aromatic rings. The fraction of sp³-hybridized carbons (Fsp3) is 0.278. The molecule has 1 aliphatic rings. The van der Waals surface area contributed by atoms with E-state index in [2.05, 4.69) is 5.16 Å². The molecule has 1 heterocycles. The number of ether oxygens (including phenoxy) is 3. The summed E-state index contributed by atoms with van der Waals surface area (Å²) in [5.74, 6) is 1.08. The number of phenolic OH excluding ortho intramolecular Hbond substituents is 2. The first kappa shape index (κ1) is 16.8. The van der Waals surface area contributed by atoms with E-state index in [9.17, 15) is 10.2 Å². The molecule has 0 bridgehead atoms. The molecule has 0 saturated carbocycles. The lowest BCUT2D eigenvalue weighted by molar-refractivity contribution is 0.0855. The Morgan fingerprint density at radius 3 is 2.36 bits per heavy atom. The lowest BCUT2D eigenvalue weighted by Gasteiger charge is -2.12. The minimum absolute atomic E-state index is 0.0370. The van der Waals surface area contributed by atoms with Crippen LogP contribution in [0, 0.1) is 0 Å². The maximum atomic E-state index is 10.1. The molecule has 1 atom stereocenters. The second-order valence-corrected chi connectivity index (χ2v) is 5.50. The summed E-state index contributed by atoms with van der Waals surface area (Å²) in [7, 11) is 4.45. The fourth-order valence-electron chi connectivity index (χ4n) is 2.74. The number of hydrogen-bond donors (Lipinski definition) is 2. The van der Waals surface area contributed by atoms with Crippen molar-refractivity contribution in [2.24, 2.45) is 5.16 Å². The smallest absolute Gasteiger partial charge is 0.203 e. The number of phenols is 2. The van der Waals surface area contributed by atoms with Crippen LogP contribution in [0.1, 0.15) is 23.7 Å². The zero-order valence-corrected chi connectivity index (χ0v) is 14.1. The maximum absolute atomic E-state index is 10.1. The Kier molecular flexibility index (Phi) is 4.56. The molecule has 0 amide bonds. The standard InChI is InChI=1S/C18H19NO6/c1-22-15-5-4-10(6-13(15)20)16-9-12(19-25-16)11-7-14(21)18(24-3)17(8-11)23-2/h4-8,16,20-21H,9H2,1-3H3. The van der Waals surface area contributed by atoms with E-state index in [1.54, 1.807) is 24.3 Å². The number of aromatic hydroxyl groups is 2. The summed E-state index contributed by atoms with van der Waals surface area (Å²) in [6.07, 6.45) is 0.155. The summed E-state index contributed by atoms with van der Waals surface area (Å²) in [5.41, 5.74) is 2.12. The maximum Gasteiger partial charge on any atom is 0.203 e. The highest BCUT2D eigenvalue weighted by Gasteiger charge is 2.26. The molecular formula is C18H19NO6. The van der Waals surface area contributed by atoms with Gasteiger partial charge in [-0.25, -0.2) is 0 Å². The third-order valence-electron chi connectivity index (χ3n) is 4.04. The van der Waals surface area contributed by atoms with Crippen LogP contribution >= 0.6 is 0 Å². The van der Waals surface area contributed by atoms with Crippen molar-refractivity contribution in [1.29, 1.82) is 0 Å². The number of methoxy groups -OCH3 is 3. The molecule has 2 aromatic carbocycles. The molecule has 0 saturated heterocycles. The van der Waals surface area contributed by atoms with Crippen molar-refractivity contribution >= 4 is 5.71 Å². The van der Waals surface area contributed by atoms with Gasteiger partial charge in [-0.05, 0) is 29.8 Å². The average Bonchev–Trinajstić information content (AvgIpc) is 3.11. The Morgan fingerprint density at radius 2 is 1.72 bits per heavy atom. The van der Waals surface area contributed by atoms with Crippen molar-refractivity contribution in [2.45, 2.75) is 12.5 Å². The van der Waals surface area contributed by atoms with Crippen molar-refractivity contribution in [3.63, 3.8) is 0 Å². The van der Waals surface area contributed by atoms with Crippen molar-refractivity contribution < 1.29 is 29.3 Å². The molecule has 0 radical (unpaired) electrons. The van der Waals surface area contributed by atoms with Gasteiger partial charge in [0.05, 0.1) is 27.0 Å². The molecule has 1 unspecified atom stereocenters. The van der Waals surface area contributed by atoms with Gasteiger partial charge in [0, 0.05) is 12.0 Å². The van der Waals surface area contributed by atoms with Crippen LogP contribution in [-0.2, 0) is 4.84 Å². The van der Waals surface area contributed by atoms with E-state index in [1.165, 1.54) is 21.3 Å². The average molecular weight is 345 g/mol. The molecule has 0 fully saturated rings. The molecule has 7 nitrogen and oxygen atoms in total. The van der Waals surface area contributed by atoms with Crippen LogP contribution in [0.25, 0.3) is 0 Å². The summed E-state index contributed by atoms with van der Waals surface area (Å²) in [6.45, 7) is 0. The molecule has 7 heteroatoms. The first-order chi connectivity index (χ1) is 12.1.